The van der Waals surface area contributed by atoms with Crippen LogP contribution < -0.4 is 5.32 Å². The highest BCUT2D eigenvalue weighted by atomic mass is 15.2. The van der Waals surface area contributed by atoms with Crippen LogP contribution in [-0.2, 0) is 6.54 Å². The lowest BCUT2D eigenvalue weighted by atomic mass is 9.97. The van der Waals surface area contributed by atoms with Gasteiger partial charge >= 0.3 is 0 Å². The summed E-state index contributed by atoms with van der Waals surface area (Å²) in [6.07, 6.45) is 5.91. The molecule has 1 saturated heterocycles. The molecule has 0 aliphatic carbocycles. The van der Waals surface area contributed by atoms with Gasteiger partial charge in [0, 0.05) is 37.1 Å². The molecule has 1 fully saturated rings. The highest BCUT2D eigenvalue weighted by Gasteiger charge is 2.24. The van der Waals surface area contributed by atoms with Crippen LogP contribution in [0.1, 0.15) is 45.7 Å². The molecule has 100 valence electrons. The first-order valence-electron chi connectivity index (χ1n) is 7.15. The fourth-order valence-electron chi connectivity index (χ4n) is 2.85. The number of nitrogens with one attached hydrogen (secondary N) is 1. The molecule has 0 bridgehead atoms. The van der Waals surface area contributed by atoms with Crippen LogP contribution in [0.25, 0.3) is 0 Å². The first kappa shape index (κ1) is 13.3. The summed E-state index contributed by atoms with van der Waals surface area (Å²) >= 11 is 0. The average molecular weight is 247 g/mol. The van der Waals surface area contributed by atoms with E-state index in [4.69, 9.17) is 0 Å². The smallest absolute Gasteiger partial charge is 0.0564 e. The van der Waals surface area contributed by atoms with Crippen LogP contribution in [0.3, 0.4) is 0 Å². The molecule has 0 aromatic carbocycles. The number of hydrogen-bond acceptors (Lipinski definition) is 3. The highest BCUT2D eigenvalue weighted by molar-refractivity contribution is 5.42. The zero-order valence-electron chi connectivity index (χ0n) is 11.8. The highest BCUT2D eigenvalue weighted by Crippen LogP contribution is 2.24. The lowest BCUT2D eigenvalue weighted by molar-refractivity contribution is 0.0938. The number of piperidine rings is 1. The summed E-state index contributed by atoms with van der Waals surface area (Å²) < 4.78 is 0. The van der Waals surface area contributed by atoms with Gasteiger partial charge in [-0.2, -0.15) is 0 Å². The minimum absolute atomic E-state index is 0.679. The van der Waals surface area contributed by atoms with Gasteiger partial charge in [0.05, 0.1) is 5.69 Å². The van der Waals surface area contributed by atoms with E-state index in [1.807, 2.05) is 12.3 Å². The summed E-state index contributed by atoms with van der Waals surface area (Å²) in [5.41, 5.74) is 2.36. The summed E-state index contributed by atoms with van der Waals surface area (Å²) in [6.45, 7) is 8.73. The summed E-state index contributed by atoms with van der Waals surface area (Å²) in [7, 11) is 0. The van der Waals surface area contributed by atoms with Crippen molar-refractivity contribution < 1.29 is 0 Å². The van der Waals surface area contributed by atoms with Crippen molar-refractivity contribution in [3.63, 3.8) is 0 Å². The molecule has 1 aliphatic rings. The second-order valence-corrected chi connectivity index (χ2v) is 5.37. The predicted molar refractivity (Wildman–Crippen MR) is 76.7 cm³/mol. The molecular weight excluding hydrogens is 222 g/mol. The van der Waals surface area contributed by atoms with E-state index < -0.39 is 0 Å². The van der Waals surface area contributed by atoms with E-state index in [0.29, 0.717) is 12.1 Å². The summed E-state index contributed by atoms with van der Waals surface area (Å²) in [5.74, 6) is 0. The molecule has 2 unspecified atom stereocenters. The van der Waals surface area contributed by atoms with Crippen LogP contribution in [0.2, 0.25) is 0 Å². The Hall–Kier alpha value is -1.09. The van der Waals surface area contributed by atoms with Crippen molar-refractivity contribution in [2.75, 3.05) is 11.9 Å². The van der Waals surface area contributed by atoms with Gasteiger partial charge in [-0.05, 0) is 45.7 Å². The molecule has 2 atom stereocenters. The summed E-state index contributed by atoms with van der Waals surface area (Å²) in [5, 5.41) is 3.35. The molecule has 0 saturated carbocycles. The average Bonchev–Trinajstić information content (AvgIpc) is 2.35. The number of hydrogen-bond donors (Lipinski definition) is 1. The van der Waals surface area contributed by atoms with Gasteiger partial charge in [-0.25, -0.2) is 0 Å². The second kappa shape index (κ2) is 6.19. The Morgan fingerprint density at radius 2 is 2.06 bits per heavy atom. The van der Waals surface area contributed by atoms with E-state index in [9.17, 15) is 0 Å². The quantitative estimate of drug-likeness (QED) is 0.885. The molecule has 2 rings (SSSR count). The maximum Gasteiger partial charge on any atom is 0.0564 e. The van der Waals surface area contributed by atoms with Crippen molar-refractivity contribution in [1.29, 1.82) is 0 Å². The van der Waals surface area contributed by atoms with Crippen LogP contribution in [0.15, 0.2) is 18.3 Å². The Bertz CT molecular complexity index is 368. The van der Waals surface area contributed by atoms with Crippen molar-refractivity contribution in [3.8, 4) is 0 Å². The van der Waals surface area contributed by atoms with E-state index in [1.54, 1.807) is 0 Å². The Morgan fingerprint density at radius 3 is 2.72 bits per heavy atom. The predicted octanol–water partition coefficient (Wildman–Crippen LogP) is 3.28. The first-order valence-corrected chi connectivity index (χ1v) is 7.15. The number of rotatable bonds is 4. The van der Waals surface area contributed by atoms with Crippen LogP contribution in [0.4, 0.5) is 5.69 Å². The summed E-state index contributed by atoms with van der Waals surface area (Å²) in [4.78, 5) is 7.09. The number of aromatic nitrogens is 1. The Balaban J connectivity index is 2.05. The Morgan fingerprint density at radius 1 is 1.33 bits per heavy atom. The third-order valence-corrected chi connectivity index (χ3v) is 3.92. The normalized spacial score (nSPS) is 25.1. The van der Waals surface area contributed by atoms with Crippen molar-refractivity contribution in [2.45, 2.75) is 58.7 Å². The first-order chi connectivity index (χ1) is 8.70. The fraction of sp³-hybridized carbons (Fsp3) is 0.667. The number of nitrogens with zero attached hydrogens (tertiary/aromatic N) is 2. The van der Waals surface area contributed by atoms with E-state index in [1.165, 1.54) is 30.6 Å². The lowest BCUT2D eigenvalue weighted by Crippen LogP contribution is -2.43. The SMILES string of the molecule is CCNc1ccnc(CN2C(C)CCCC2C)c1. The van der Waals surface area contributed by atoms with Gasteiger partial charge < -0.3 is 5.32 Å². The maximum absolute atomic E-state index is 4.50. The van der Waals surface area contributed by atoms with Gasteiger partial charge in [-0.3, -0.25) is 9.88 Å². The van der Waals surface area contributed by atoms with E-state index in [-0.39, 0.29) is 0 Å². The number of likely N-dealkylation sites (tertiary alicyclic amines) is 1. The van der Waals surface area contributed by atoms with Crippen molar-refractivity contribution in [2.24, 2.45) is 0 Å². The largest absolute Gasteiger partial charge is 0.385 e. The van der Waals surface area contributed by atoms with E-state index >= 15 is 0 Å². The Labute approximate surface area is 111 Å². The maximum atomic E-state index is 4.50. The van der Waals surface area contributed by atoms with E-state index in [2.05, 4.69) is 42.0 Å². The zero-order valence-corrected chi connectivity index (χ0v) is 11.8. The lowest BCUT2D eigenvalue weighted by Gasteiger charge is -2.38. The van der Waals surface area contributed by atoms with Gasteiger partial charge in [-0.15, -0.1) is 0 Å². The third kappa shape index (κ3) is 3.22. The van der Waals surface area contributed by atoms with Gasteiger partial charge in [0.15, 0.2) is 0 Å². The number of anilines is 1. The molecule has 0 radical (unpaired) electrons. The molecule has 0 amide bonds. The second-order valence-electron chi connectivity index (χ2n) is 5.37. The Kier molecular flexibility index (Phi) is 4.59. The molecule has 1 N–H and O–H groups in total. The molecule has 0 spiro atoms. The van der Waals surface area contributed by atoms with Gasteiger partial charge in [-0.1, -0.05) is 6.42 Å². The van der Waals surface area contributed by atoms with Crippen LogP contribution >= 0.6 is 0 Å². The molecular formula is C15H25N3. The van der Waals surface area contributed by atoms with Crippen molar-refractivity contribution in [1.82, 2.24) is 9.88 Å². The molecule has 3 nitrogen and oxygen atoms in total. The van der Waals surface area contributed by atoms with Gasteiger partial charge in [0.2, 0.25) is 0 Å². The minimum Gasteiger partial charge on any atom is -0.385 e. The topological polar surface area (TPSA) is 28.2 Å². The van der Waals surface area contributed by atoms with Crippen LogP contribution in [0.5, 0.6) is 0 Å². The van der Waals surface area contributed by atoms with Gasteiger partial charge in [0.25, 0.3) is 0 Å². The van der Waals surface area contributed by atoms with E-state index in [0.717, 1.165) is 13.1 Å². The molecule has 18 heavy (non-hydrogen) atoms. The molecule has 3 heteroatoms. The molecule has 1 aromatic heterocycles. The van der Waals surface area contributed by atoms with Crippen LogP contribution in [0, 0.1) is 0 Å². The van der Waals surface area contributed by atoms with Gasteiger partial charge in [0.1, 0.15) is 0 Å². The standard InChI is InChI=1S/C15H25N3/c1-4-16-14-8-9-17-15(10-14)11-18-12(2)6-5-7-13(18)3/h8-10,12-13H,4-7,11H2,1-3H3,(H,16,17). The van der Waals surface area contributed by atoms with Crippen LogP contribution in [-0.4, -0.2) is 28.5 Å². The molecule has 1 aromatic rings. The third-order valence-electron chi connectivity index (χ3n) is 3.92. The minimum atomic E-state index is 0.679. The van der Waals surface area contributed by atoms with Crippen molar-refractivity contribution in [3.05, 3.63) is 24.0 Å². The van der Waals surface area contributed by atoms with Crippen molar-refractivity contribution >= 4 is 5.69 Å². The number of pyridine rings is 1. The monoisotopic (exact) mass is 247 g/mol. The molecule has 2 heterocycles. The zero-order chi connectivity index (χ0) is 13.0. The fourth-order valence-corrected chi connectivity index (χ4v) is 2.85. The summed E-state index contributed by atoms with van der Waals surface area (Å²) in [6, 6.07) is 5.57. The molecule has 1 aliphatic heterocycles.